The van der Waals surface area contributed by atoms with Crippen LogP contribution in [0.15, 0.2) is 122 Å². The first kappa shape index (κ1) is 74.1. The molecular weight excluding hydrogens is 1020 g/mol. The molecular formula is C69H110O12. The fourth-order valence-electron chi connectivity index (χ4n) is 8.74. The number of hydrogen-bond donors (Lipinski definition) is 3. The maximum absolute atomic E-state index is 13.2. The van der Waals surface area contributed by atoms with E-state index in [1.807, 2.05) is 6.08 Å². The second-order valence-corrected chi connectivity index (χ2v) is 20.9. The molecule has 458 valence electrons. The molecule has 1 aliphatic rings. The highest BCUT2D eigenvalue weighted by Gasteiger charge is 2.50. The zero-order valence-electron chi connectivity index (χ0n) is 50.5. The molecule has 0 aromatic rings. The normalized spacial score (nSPS) is 18.6. The number of ether oxygens (including phenoxy) is 5. The van der Waals surface area contributed by atoms with Gasteiger partial charge in [0.2, 0.25) is 0 Å². The van der Waals surface area contributed by atoms with E-state index in [0.717, 1.165) is 122 Å². The standard InChI is InChI=1S/C69H110O12/c1-4-7-10-13-16-19-22-25-28-31-34-37-40-43-46-49-52-55-61(70)77-58-60(79-62(71)56-53-50-47-44-41-38-35-32-29-26-23-20-17-14-11-8-5-2)59-78-69-67(65(74)64(73)66(81-69)68(75)76)80-63(72)57-54-51-48-45-42-39-36-33-30-27-24-21-18-15-12-9-6-3/h7-8,10-11,16-17,19-20,25-30,34-35,37-38,43,46,60,64-67,69,73-74H,4-6,9,12-15,18,21-24,31-33,36,39-42,44-45,47-59H2,1-3H3,(H,75,76)/b10-7-,11-8-,19-16-,20-17-,28-25-,29-26-,30-27-,37-34-,38-35-,46-43-. The van der Waals surface area contributed by atoms with Gasteiger partial charge in [-0.15, -0.1) is 0 Å². The van der Waals surface area contributed by atoms with Gasteiger partial charge in [-0.3, -0.25) is 14.4 Å². The Hall–Kier alpha value is -4.88. The Morgan fingerprint density at radius 1 is 0.420 bits per heavy atom. The summed E-state index contributed by atoms with van der Waals surface area (Å²) in [5.74, 6) is -3.25. The maximum Gasteiger partial charge on any atom is 0.335 e. The highest BCUT2D eigenvalue weighted by atomic mass is 16.7. The van der Waals surface area contributed by atoms with Crippen molar-refractivity contribution in [2.24, 2.45) is 0 Å². The van der Waals surface area contributed by atoms with Crippen molar-refractivity contribution in [1.82, 2.24) is 0 Å². The number of carbonyl (C=O) groups excluding carboxylic acids is 3. The summed E-state index contributed by atoms with van der Waals surface area (Å²) in [6, 6.07) is 0. The largest absolute Gasteiger partial charge is 0.479 e. The Kier molecular flexibility index (Phi) is 50.9. The molecule has 1 fully saturated rings. The molecule has 1 rings (SSSR count). The summed E-state index contributed by atoms with van der Waals surface area (Å²) >= 11 is 0. The average molecular weight is 1130 g/mol. The van der Waals surface area contributed by atoms with Crippen LogP contribution in [0.5, 0.6) is 0 Å². The predicted molar refractivity (Wildman–Crippen MR) is 330 cm³/mol. The second-order valence-electron chi connectivity index (χ2n) is 20.9. The van der Waals surface area contributed by atoms with Gasteiger partial charge in [-0.25, -0.2) is 4.79 Å². The van der Waals surface area contributed by atoms with Gasteiger partial charge in [-0.05, 0) is 122 Å². The summed E-state index contributed by atoms with van der Waals surface area (Å²) in [6.45, 7) is 5.70. The first-order chi connectivity index (χ1) is 39.6. The van der Waals surface area contributed by atoms with Gasteiger partial charge in [0, 0.05) is 19.3 Å². The van der Waals surface area contributed by atoms with E-state index in [2.05, 4.69) is 136 Å². The molecule has 0 aromatic heterocycles. The first-order valence-corrected chi connectivity index (χ1v) is 31.5. The highest BCUT2D eigenvalue weighted by molar-refractivity contribution is 5.74. The Morgan fingerprint density at radius 2 is 0.790 bits per heavy atom. The molecule has 12 nitrogen and oxygen atoms in total. The van der Waals surface area contributed by atoms with Crippen molar-refractivity contribution in [2.75, 3.05) is 13.2 Å². The number of rotatable bonds is 52. The van der Waals surface area contributed by atoms with Crippen LogP contribution in [0, 0.1) is 0 Å². The van der Waals surface area contributed by atoms with E-state index in [0.29, 0.717) is 25.7 Å². The van der Waals surface area contributed by atoms with E-state index in [1.54, 1.807) is 0 Å². The third-order valence-electron chi connectivity index (χ3n) is 13.5. The van der Waals surface area contributed by atoms with E-state index in [9.17, 15) is 34.5 Å². The van der Waals surface area contributed by atoms with Gasteiger partial charge in [0.25, 0.3) is 0 Å². The molecule has 0 bridgehead atoms. The predicted octanol–water partition coefficient (Wildman–Crippen LogP) is 16.8. The molecule has 0 saturated carbocycles. The molecule has 0 radical (unpaired) electrons. The molecule has 6 atom stereocenters. The van der Waals surface area contributed by atoms with Crippen LogP contribution >= 0.6 is 0 Å². The van der Waals surface area contributed by atoms with Crippen molar-refractivity contribution in [3.63, 3.8) is 0 Å². The Balaban J connectivity index is 2.74. The monoisotopic (exact) mass is 1130 g/mol. The van der Waals surface area contributed by atoms with E-state index in [-0.39, 0.29) is 25.9 Å². The summed E-state index contributed by atoms with van der Waals surface area (Å²) in [4.78, 5) is 51.3. The van der Waals surface area contributed by atoms with E-state index >= 15 is 0 Å². The van der Waals surface area contributed by atoms with E-state index in [4.69, 9.17) is 23.7 Å². The molecule has 6 unspecified atom stereocenters. The van der Waals surface area contributed by atoms with Crippen LogP contribution in [0.2, 0.25) is 0 Å². The molecule has 0 aliphatic carbocycles. The van der Waals surface area contributed by atoms with Gasteiger partial charge in [0.15, 0.2) is 24.6 Å². The lowest BCUT2D eigenvalue weighted by atomic mass is 9.98. The topological polar surface area (TPSA) is 175 Å². The average Bonchev–Trinajstić information content (AvgIpc) is 3.53. The fourth-order valence-corrected chi connectivity index (χ4v) is 8.74. The van der Waals surface area contributed by atoms with Gasteiger partial charge in [0.1, 0.15) is 18.8 Å². The molecule has 12 heteroatoms. The van der Waals surface area contributed by atoms with Crippen molar-refractivity contribution in [3.8, 4) is 0 Å². The summed E-state index contributed by atoms with van der Waals surface area (Å²) < 4.78 is 28.4. The molecule has 1 heterocycles. The number of aliphatic carboxylic acids is 1. The minimum absolute atomic E-state index is 0.0412. The minimum atomic E-state index is -1.92. The lowest BCUT2D eigenvalue weighted by molar-refractivity contribution is -0.301. The zero-order valence-corrected chi connectivity index (χ0v) is 50.5. The summed E-state index contributed by atoms with van der Waals surface area (Å²) in [6.07, 6.45) is 64.5. The summed E-state index contributed by atoms with van der Waals surface area (Å²) in [7, 11) is 0. The quantitative estimate of drug-likeness (QED) is 0.0228. The number of hydrogen-bond acceptors (Lipinski definition) is 11. The Labute approximate surface area is 490 Å². The number of carboxylic acids is 1. The van der Waals surface area contributed by atoms with Gasteiger partial charge in [-0.2, -0.15) is 0 Å². The van der Waals surface area contributed by atoms with Crippen LogP contribution in [0.3, 0.4) is 0 Å². The van der Waals surface area contributed by atoms with Crippen LogP contribution in [0.25, 0.3) is 0 Å². The number of carbonyl (C=O) groups is 4. The zero-order chi connectivity index (χ0) is 58.9. The lowest BCUT2D eigenvalue weighted by Crippen LogP contribution is -2.61. The third-order valence-corrected chi connectivity index (χ3v) is 13.5. The second kappa shape index (κ2) is 55.6. The minimum Gasteiger partial charge on any atom is -0.479 e. The Bertz CT molecular complexity index is 1870. The van der Waals surface area contributed by atoms with Crippen molar-refractivity contribution in [3.05, 3.63) is 122 Å². The SMILES string of the molecule is CC/C=C\C/C=C\C/C=C\C/C=C\C/C=C\CCCC(=O)OCC(COC1OC(C(=O)O)C(O)C(O)C1OC(=O)CCCCCCCCC/C=C\CCCCCCCC)OC(=O)CCCCCC/C=C\C/C=C\C/C=C\C/C=C\CC. The first-order valence-electron chi connectivity index (χ1n) is 31.5. The molecule has 0 aromatic carbocycles. The van der Waals surface area contributed by atoms with Gasteiger partial charge >= 0.3 is 23.9 Å². The number of unbranched alkanes of at least 4 members (excludes halogenated alkanes) is 18. The van der Waals surface area contributed by atoms with Crippen LogP contribution in [-0.4, -0.2) is 89.2 Å². The molecule has 0 spiro atoms. The van der Waals surface area contributed by atoms with Crippen LogP contribution in [0.4, 0.5) is 0 Å². The smallest absolute Gasteiger partial charge is 0.335 e. The summed E-state index contributed by atoms with van der Waals surface area (Å²) in [5, 5.41) is 31.6. The van der Waals surface area contributed by atoms with Crippen LogP contribution in [0.1, 0.15) is 239 Å². The van der Waals surface area contributed by atoms with Gasteiger partial charge in [-0.1, -0.05) is 219 Å². The van der Waals surface area contributed by atoms with Crippen LogP contribution < -0.4 is 0 Å². The molecule has 81 heavy (non-hydrogen) atoms. The molecule has 0 amide bonds. The molecule has 3 N–H and O–H groups in total. The fraction of sp³-hybridized carbons (Fsp3) is 0.652. The molecule has 1 saturated heterocycles. The van der Waals surface area contributed by atoms with Crippen molar-refractivity contribution in [1.29, 1.82) is 0 Å². The van der Waals surface area contributed by atoms with Gasteiger partial charge in [0.05, 0.1) is 6.61 Å². The number of allylic oxidation sites excluding steroid dienone is 20. The number of esters is 3. The number of carboxylic acid groups (broad SMARTS) is 1. The van der Waals surface area contributed by atoms with E-state index < -0.39 is 67.3 Å². The number of aliphatic hydroxyl groups excluding tert-OH is 2. The van der Waals surface area contributed by atoms with E-state index in [1.165, 1.54) is 51.4 Å². The van der Waals surface area contributed by atoms with Gasteiger partial charge < -0.3 is 39.0 Å². The highest BCUT2D eigenvalue weighted by Crippen LogP contribution is 2.26. The number of aliphatic hydroxyl groups is 2. The van der Waals surface area contributed by atoms with Crippen molar-refractivity contribution in [2.45, 2.75) is 276 Å². The van der Waals surface area contributed by atoms with Crippen molar-refractivity contribution >= 4 is 23.9 Å². The van der Waals surface area contributed by atoms with Crippen molar-refractivity contribution < 1.29 is 58.2 Å². The Morgan fingerprint density at radius 3 is 1.23 bits per heavy atom. The molecule has 1 aliphatic heterocycles. The third kappa shape index (κ3) is 45.3. The van der Waals surface area contributed by atoms with Crippen LogP contribution in [-0.2, 0) is 42.9 Å². The maximum atomic E-state index is 13.2. The lowest BCUT2D eigenvalue weighted by Gasteiger charge is -2.40. The summed E-state index contributed by atoms with van der Waals surface area (Å²) in [5.41, 5.74) is 0.